The van der Waals surface area contributed by atoms with E-state index in [-0.39, 0.29) is 28.8 Å². The number of nitrogens with zero attached hydrogens (tertiary/aromatic N) is 1. The van der Waals surface area contributed by atoms with Crippen LogP contribution in [0.15, 0.2) is 24.3 Å². The third-order valence-electron chi connectivity index (χ3n) is 5.45. The molecule has 0 radical (unpaired) electrons. The highest BCUT2D eigenvalue weighted by atomic mass is 16.5. The molecular weight excluding hydrogens is 306 g/mol. The first-order chi connectivity index (χ1) is 11.2. The molecule has 0 aromatic heterocycles. The summed E-state index contributed by atoms with van der Waals surface area (Å²) < 4.78 is 6.60. The van der Waals surface area contributed by atoms with Crippen molar-refractivity contribution in [3.05, 3.63) is 29.8 Å². The molecule has 0 bridgehead atoms. The summed E-state index contributed by atoms with van der Waals surface area (Å²) in [6, 6.07) is 7.42. The minimum Gasteiger partial charge on any atom is -0.508 e. The van der Waals surface area contributed by atoms with Gasteiger partial charge < -0.3 is 19.8 Å². The summed E-state index contributed by atoms with van der Waals surface area (Å²) in [6.07, 6.45) is 1.65. The van der Waals surface area contributed by atoms with Crippen molar-refractivity contribution in [1.82, 2.24) is 4.90 Å². The fraction of sp³-hybridized carbons (Fsp3) is 0.632. The molecule has 2 saturated heterocycles. The second-order valence-corrected chi connectivity index (χ2v) is 8.26. The standard InChI is InChI=1S/C19H27NO4/c1-18(2,3)16-15(13-4-6-14(21)7-5-13)12-19(24-16)8-10-20(11-9-19)17(22)23/h4-7,15-16,21H,8-12H2,1-3H3,(H,22,23). The number of likely N-dealkylation sites (tertiary alicyclic amines) is 1. The molecule has 1 amide bonds. The van der Waals surface area contributed by atoms with Crippen LogP contribution >= 0.6 is 0 Å². The van der Waals surface area contributed by atoms with Gasteiger partial charge in [0.2, 0.25) is 0 Å². The lowest BCUT2D eigenvalue weighted by molar-refractivity contribution is -0.105. The van der Waals surface area contributed by atoms with Gasteiger partial charge in [0.1, 0.15) is 5.75 Å². The molecule has 5 nitrogen and oxygen atoms in total. The zero-order valence-electron chi connectivity index (χ0n) is 14.7. The predicted octanol–water partition coefficient (Wildman–Crippen LogP) is 3.82. The third kappa shape index (κ3) is 3.22. The smallest absolute Gasteiger partial charge is 0.407 e. The highest BCUT2D eigenvalue weighted by Crippen LogP contribution is 2.51. The van der Waals surface area contributed by atoms with Crippen molar-refractivity contribution < 1.29 is 19.7 Å². The number of piperidine rings is 1. The van der Waals surface area contributed by atoms with Gasteiger partial charge in [-0.05, 0) is 42.4 Å². The highest BCUT2D eigenvalue weighted by molar-refractivity contribution is 5.65. The Morgan fingerprint density at radius 1 is 1.21 bits per heavy atom. The van der Waals surface area contributed by atoms with Crippen molar-refractivity contribution >= 4 is 6.09 Å². The Hall–Kier alpha value is -1.75. The molecular formula is C19H27NO4. The number of ether oxygens (including phenoxy) is 1. The molecule has 1 aromatic rings. The SMILES string of the molecule is CC(C)(C)C1OC2(CCN(C(=O)O)CC2)CC1c1ccc(O)cc1. The number of carbonyl (C=O) groups is 1. The van der Waals surface area contributed by atoms with Crippen LogP contribution in [0.5, 0.6) is 5.75 Å². The lowest BCUT2D eigenvalue weighted by Crippen LogP contribution is -2.46. The van der Waals surface area contributed by atoms with Crippen molar-refractivity contribution in [3.63, 3.8) is 0 Å². The second-order valence-electron chi connectivity index (χ2n) is 8.26. The quantitative estimate of drug-likeness (QED) is 0.819. The van der Waals surface area contributed by atoms with E-state index in [4.69, 9.17) is 9.84 Å². The van der Waals surface area contributed by atoms with E-state index in [1.54, 1.807) is 12.1 Å². The van der Waals surface area contributed by atoms with Gasteiger partial charge in [-0.2, -0.15) is 0 Å². The van der Waals surface area contributed by atoms with Crippen LogP contribution < -0.4 is 0 Å². The van der Waals surface area contributed by atoms with Crippen LogP contribution in [0.2, 0.25) is 0 Å². The number of carboxylic acid groups (broad SMARTS) is 1. The predicted molar refractivity (Wildman–Crippen MR) is 91.4 cm³/mol. The van der Waals surface area contributed by atoms with Crippen LogP contribution in [0.3, 0.4) is 0 Å². The fourth-order valence-corrected chi connectivity index (χ4v) is 4.13. The van der Waals surface area contributed by atoms with Gasteiger partial charge in [0.15, 0.2) is 0 Å². The van der Waals surface area contributed by atoms with E-state index < -0.39 is 6.09 Å². The Bertz CT molecular complexity index is 597. The van der Waals surface area contributed by atoms with Gasteiger partial charge in [-0.3, -0.25) is 0 Å². The van der Waals surface area contributed by atoms with E-state index in [1.807, 2.05) is 12.1 Å². The molecule has 0 aliphatic carbocycles. The number of hydrogen-bond donors (Lipinski definition) is 2. The summed E-state index contributed by atoms with van der Waals surface area (Å²) in [5.74, 6) is 0.538. The molecule has 3 rings (SSSR count). The van der Waals surface area contributed by atoms with Crippen LogP contribution in [0, 0.1) is 5.41 Å². The van der Waals surface area contributed by atoms with Crippen molar-refractivity contribution in [2.45, 2.75) is 57.7 Å². The van der Waals surface area contributed by atoms with Crippen LogP contribution in [0.4, 0.5) is 4.79 Å². The number of phenols is 1. The van der Waals surface area contributed by atoms with Crippen molar-refractivity contribution in [3.8, 4) is 5.75 Å². The summed E-state index contributed by atoms with van der Waals surface area (Å²) >= 11 is 0. The number of amides is 1. The molecule has 2 fully saturated rings. The van der Waals surface area contributed by atoms with Crippen LogP contribution in [-0.2, 0) is 4.74 Å². The molecule has 0 saturated carbocycles. The molecule has 2 aliphatic rings. The highest BCUT2D eigenvalue weighted by Gasteiger charge is 2.51. The maximum atomic E-state index is 11.2. The van der Waals surface area contributed by atoms with Crippen LogP contribution in [0.25, 0.3) is 0 Å². The summed E-state index contributed by atoms with van der Waals surface area (Å²) in [4.78, 5) is 12.6. The molecule has 2 atom stereocenters. The Balaban J connectivity index is 1.83. The van der Waals surface area contributed by atoms with Gasteiger partial charge in [0.25, 0.3) is 0 Å². The molecule has 2 aliphatic heterocycles. The van der Waals surface area contributed by atoms with E-state index in [1.165, 1.54) is 10.5 Å². The average molecular weight is 333 g/mol. The summed E-state index contributed by atoms with van der Waals surface area (Å²) in [5, 5.41) is 18.7. The summed E-state index contributed by atoms with van der Waals surface area (Å²) in [5.41, 5.74) is 0.952. The molecule has 1 aromatic carbocycles. The van der Waals surface area contributed by atoms with Crippen molar-refractivity contribution in [2.75, 3.05) is 13.1 Å². The monoisotopic (exact) mass is 333 g/mol. The van der Waals surface area contributed by atoms with Gasteiger partial charge in [-0.15, -0.1) is 0 Å². The van der Waals surface area contributed by atoms with E-state index in [0.29, 0.717) is 13.1 Å². The first-order valence-corrected chi connectivity index (χ1v) is 8.65. The molecule has 2 N–H and O–H groups in total. The van der Waals surface area contributed by atoms with Gasteiger partial charge >= 0.3 is 6.09 Å². The van der Waals surface area contributed by atoms with E-state index in [0.717, 1.165) is 19.3 Å². The summed E-state index contributed by atoms with van der Waals surface area (Å²) in [6.45, 7) is 7.65. The topological polar surface area (TPSA) is 70.0 Å². The number of hydrogen-bond acceptors (Lipinski definition) is 3. The largest absolute Gasteiger partial charge is 0.508 e. The third-order valence-corrected chi connectivity index (χ3v) is 5.45. The first-order valence-electron chi connectivity index (χ1n) is 8.65. The normalized spacial score (nSPS) is 26.7. The molecule has 1 spiro atoms. The van der Waals surface area contributed by atoms with Gasteiger partial charge in [0, 0.05) is 19.0 Å². The maximum Gasteiger partial charge on any atom is 0.407 e. The van der Waals surface area contributed by atoms with Gasteiger partial charge in [-0.25, -0.2) is 4.79 Å². The fourth-order valence-electron chi connectivity index (χ4n) is 4.13. The van der Waals surface area contributed by atoms with E-state index in [9.17, 15) is 9.90 Å². The van der Waals surface area contributed by atoms with Crippen molar-refractivity contribution in [1.29, 1.82) is 0 Å². The van der Waals surface area contributed by atoms with Gasteiger partial charge in [0.05, 0.1) is 11.7 Å². The van der Waals surface area contributed by atoms with Crippen LogP contribution in [-0.4, -0.2) is 46.0 Å². The van der Waals surface area contributed by atoms with E-state index in [2.05, 4.69) is 20.8 Å². The molecule has 2 unspecified atom stereocenters. The van der Waals surface area contributed by atoms with Crippen LogP contribution in [0.1, 0.15) is 51.5 Å². The van der Waals surface area contributed by atoms with Gasteiger partial charge in [-0.1, -0.05) is 32.9 Å². The average Bonchev–Trinajstić information content (AvgIpc) is 2.88. The zero-order chi connectivity index (χ0) is 17.5. The lowest BCUT2D eigenvalue weighted by Gasteiger charge is -2.39. The number of phenolic OH excluding ortho intramolecular Hbond substituents is 1. The zero-order valence-corrected chi connectivity index (χ0v) is 14.7. The van der Waals surface area contributed by atoms with E-state index >= 15 is 0 Å². The molecule has 132 valence electrons. The number of rotatable bonds is 1. The lowest BCUT2D eigenvalue weighted by atomic mass is 9.75. The summed E-state index contributed by atoms with van der Waals surface area (Å²) in [7, 11) is 0. The maximum absolute atomic E-state index is 11.2. The Morgan fingerprint density at radius 3 is 2.29 bits per heavy atom. The van der Waals surface area contributed by atoms with Crippen molar-refractivity contribution in [2.24, 2.45) is 5.41 Å². The first kappa shape index (κ1) is 17.1. The number of benzene rings is 1. The minimum atomic E-state index is -0.842. The molecule has 24 heavy (non-hydrogen) atoms. The molecule has 5 heteroatoms. The Kier molecular flexibility index (Phi) is 4.24. The Morgan fingerprint density at radius 2 is 1.79 bits per heavy atom. The second kappa shape index (κ2) is 5.96. The Labute approximate surface area is 143 Å². The number of aromatic hydroxyl groups is 1. The molecule has 2 heterocycles. The minimum absolute atomic E-state index is 0.00398.